The zero-order valence-corrected chi connectivity index (χ0v) is 20.9. The lowest BCUT2D eigenvalue weighted by Gasteiger charge is -2.18. The van der Waals surface area contributed by atoms with Crippen LogP contribution in [0.15, 0.2) is 107 Å². The van der Waals surface area contributed by atoms with E-state index in [0.717, 1.165) is 36.2 Å². The molecule has 2 aromatic carbocycles. The van der Waals surface area contributed by atoms with Crippen LogP contribution in [0.5, 0.6) is 0 Å². The van der Waals surface area contributed by atoms with E-state index >= 15 is 0 Å². The topological polar surface area (TPSA) is 84.2 Å². The van der Waals surface area contributed by atoms with E-state index in [1.165, 1.54) is 22.3 Å². The first-order valence-electron chi connectivity index (χ1n) is 11.5. The van der Waals surface area contributed by atoms with Crippen LogP contribution in [-0.4, -0.2) is 20.0 Å². The minimum Gasteiger partial charge on any atom is -0.287 e. The van der Waals surface area contributed by atoms with Crippen LogP contribution in [0.4, 0.5) is 0 Å². The molecule has 180 valence electrons. The first-order chi connectivity index (χ1) is 17.4. The summed E-state index contributed by atoms with van der Waals surface area (Å²) < 4.78 is 30.0. The van der Waals surface area contributed by atoms with Crippen molar-refractivity contribution >= 4 is 38.6 Å². The number of nitrogens with zero attached hydrogens (tertiary/aromatic N) is 1. The van der Waals surface area contributed by atoms with Gasteiger partial charge in [0, 0.05) is 23.3 Å². The summed E-state index contributed by atoms with van der Waals surface area (Å²) in [7, 11) is -4.04. The van der Waals surface area contributed by atoms with Gasteiger partial charge in [0.05, 0.1) is 0 Å². The zero-order chi connectivity index (χ0) is 25.1. The van der Waals surface area contributed by atoms with E-state index in [0.29, 0.717) is 0 Å². The summed E-state index contributed by atoms with van der Waals surface area (Å²) in [5.41, 5.74) is 2.51. The van der Waals surface area contributed by atoms with E-state index in [2.05, 4.69) is 16.9 Å². The number of carbonyl (C=O) groups is 2. The van der Waals surface area contributed by atoms with Gasteiger partial charge in [-0.2, -0.15) is 4.57 Å². The molecule has 1 aliphatic rings. The molecule has 0 amide bonds. The number of Topliss-reactive ketones (excluding diaryl/α,β-unsaturated/α-hetero) is 2. The molecule has 0 aliphatic heterocycles. The van der Waals surface area contributed by atoms with Crippen molar-refractivity contribution < 1.29 is 22.6 Å². The number of hydrogen-bond acceptors (Lipinski definition) is 5. The summed E-state index contributed by atoms with van der Waals surface area (Å²) in [6, 6.07) is 23.6. The summed E-state index contributed by atoms with van der Waals surface area (Å²) in [6.45, 7) is 0. The molecule has 0 saturated heterocycles. The Balaban J connectivity index is 1.47. The van der Waals surface area contributed by atoms with Crippen LogP contribution < -0.4 is 9.29 Å². The fourth-order valence-corrected chi connectivity index (χ4v) is 6.28. The fourth-order valence-electron chi connectivity index (χ4n) is 4.22. The second kappa shape index (κ2) is 10.0. The summed E-state index contributed by atoms with van der Waals surface area (Å²) >= 11 is 1.03. The molecule has 6 nitrogen and oxygen atoms in total. The number of hydrogen-bond donors (Lipinski definition) is 1. The minimum atomic E-state index is -4.04. The predicted octanol–water partition coefficient (Wildman–Crippen LogP) is 4.44. The molecule has 5 rings (SSSR count). The maximum Gasteiger partial charge on any atom is 0.287 e. The van der Waals surface area contributed by atoms with Crippen LogP contribution in [-0.2, 0) is 22.9 Å². The Morgan fingerprint density at radius 3 is 1.97 bits per heavy atom. The number of pyridine rings is 1. The lowest BCUT2D eigenvalue weighted by molar-refractivity contribution is -0.577. The van der Waals surface area contributed by atoms with Gasteiger partial charge >= 0.3 is 0 Å². The molecular weight excluding hydrogens is 492 g/mol. The molecule has 0 spiro atoms. The van der Waals surface area contributed by atoms with E-state index < -0.39 is 21.6 Å². The normalized spacial score (nSPS) is 13.6. The standard InChI is InChI=1S/C28H22N2O4S2/c31-27-22-12-4-5-13-23(22)28(32)26(25(27)29-36(33,34)24-14-7-19-35-24)30-17-15-21(16-18-30)11-6-10-20-8-2-1-3-9-20/h1-5,7-9,12-19H,6,10-11H2/p+1. The molecule has 2 aromatic heterocycles. The van der Waals surface area contributed by atoms with E-state index in [1.807, 2.05) is 30.3 Å². The average molecular weight is 516 g/mol. The molecule has 1 aliphatic carbocycles. The van der Waals surface area contributed by atoms with Gasteiger partial charge in [-0.1, -0.05) is 60.7 Å². The average Bonchev–Trinajstić information content (AvgIpc) is 3.45. The number of ketones is 2. The quantitative estimate of drug-likeness (QED) is 0.352. The van der Waals surface area contributed by atoms with Crippen molar-refractivity contribution in [3.05, 3.63) is 125 Å². The molecule has 4 aromatic rings. The number of rotatable bonds is 8. The number of aromatic nitrogens is 1. The Labute approximate surface area is 213 Å². The summed E-state index contributed by atoms with van der Waals surface area (Å²) in [6.07, 6.45) is 6.17. The van der Waals surface area contributed by atoms with Crippen LogP contribution >= 0.6 is 11.3 Å². The molecule has 0 atom stereocenters. The number of benzene rings is 2. The second-order valence-electron chi connectivity index (χ2n) is 8.42. The molecule has 8 heteroatoms. The molecule has 36 heavy (non-hydrogen) atoms. The lowest BCUT2D eigenvalue weighted by atomic mass is 9.90. The first-order valence-corrected chi connectivity index (χ1v) is 13.8. The van der Waals surface area contributed by atoms with Gasteiger partial charge in [0.1, 0.15) is 4.21 Å². The monoisotopic (exact) mass is 515 g/mol. The van der Waals surface area contributed by atoms with Gasteiger partial charge in [0.2, 0.25) is 5.78 Å². The molecule has 0 fully saturated rings. The molecule has 0 saturated carbocycles. The summed E-state index contributed by atoms with van der Waals surface area (Å²) in [4.78, 5) is 26.9. The minimum absolute atomic E-state index is 0.0188. The van der Waals surface area contributed by atoms with Crippen LogP contribution in [0.25, 0.3) is 5.70 Å². The Morgan fingerprint density at radius 2 is 1.33 bits per heavy atom. The summed E-state index contributed by atoms with van der Waals surface area (Å²) in [5.74, 6) is -0.962. The Bertz CT molecular complexity index is 1560. The van der Waals surface area contributed by atoms with Gasteiger partial charge in [-0.05, 0) is 41.8 Å². The van der Waals surface area contributed by atoms with Crippen LogP contribution in [0.3, 0.4) is 0 Å². The first kappa shape index (κ1) is 23.8. The molecule has 2 heterocycles. The predicted molar refractivity (Wildman–Crippen MR) is 138 cm³/mol. The highest BCUT2D eigenvalue weighted by atomic mass is 32.2. The van der Waals surface area contributed by atoms with Gasteiger partial charge in [0.25, 0.3) is 21.5 Å². The van der Waals surface area contributed by atoms with Gasteiger partial charge in [-0.25, -0.2) is 8.42 Å². The van der Waals surface area contributed by atoms with E-state index in [4.69, 9.17) is 0 Å². The third-order valence-corrected chi connectivity index (χ3v) is 8.77. The number of thiophene rings is 1. The smallest absolute Gasteiger partial charge is 0.287 e. The SMILES string of the molecule is O=C1C(NS(=O)(=O)c2cccs2)=C([n+]2ccc(CCCc3ccccc3)cc2)C(=O)c2ccccc21. The van der Waals surface area contributed by atoms with Crippen molar-refractivity contribution in [2.45, 2.75) is 23.5 Å². The van der Waals surface area contributed by atoms with Crippen molar-refractivity contribution in [1.82, 2.24) is 4.72 Å². The number of nitrogens with one attached hydrogen (secondary N) is 1. The van der Waals surface area contributed by atoms with Crippen molar-refractivity contribution in [3.8, 4) is 0 Å². The number of carbonyl (C=O) groups excluding carboxylic acids is 2. The largest absolute Gasteiger partial charge is 0.287 e. The number of allylic oxidation sites excluding steroid dienone is 2. The second-order valence-corrected chi connectivity index (χ2v) is 11.3. The van der Waals surface area contributed by atoms with Crippen molar-refractivity contribution in [2.24, 2.45) is 0 Å². The maximum absolute atomic E-state index is 13.5. The lowest BCUT2D eigenvalue weighted by Crippen LogP contribution is -2.44. The molecule has 1 N–H and O–H groups in total. The molecule has 0 bridgehead atoms. The molecule has 0 unspecified atom stereocenters. The number of sulfonamides is 1. The van der Waals surface area contributed by atoms with Gasteiger partial charge in [-0.15, -0.1) is 11.3 Å². The third-order valence-electron chi connectivity index (χ3n) is 6.02. The Kier molecular flexibility index (Phi) is 6.63. The highest BCUT2D eigenvalue weighted by Gasteiger charge is 2.40. The van der Waals surface area contributed by atoms with Gasteiger partial charge in [0.15, 0.2) is 18.1 Å². The Hall–Kier alpha value is -3.88. The Morgan fingerprint density at radius 1 is 0.722 bits per heavy atom. The van der Waals surface area contributed by atoms with Gasteiger partial charge < -0.3 is 0 Å². The van der Waals surface area contributed by atoms with Crippen molar-refractivity contribution in [2.75, 3.05) is 0 Å². The van der Waals surface area contributed by atoms with E-state index in [-0.39, 0.29) is 26.7 Å². The highest BCUT2D eigenvalue weighted by molar-refractivity contribution is 7.91. The highest BCUT2D eigenvalue weighted by Crippen LogP contribution is 2.27. The van der Waals surface area contributed by atoms with Crippen LogP contribution in [0, 0.1) is 0 Å². The molecule has 0 radical (unpaired) electrons. The maximum atomic E-state index is 13.5. The summed E-state index contributed by atoms with van der Waals surface area (Å²) in [5, 5.41) is 1.64. The van der Waals surface area contributed by atoms with Gasteiger partial charge in [-0.3, -0.25) is 14.3 Å². The number of fused-ring (bicyclic) bond motifs is 1. The van der Waals surface area contributed by atoms with E-state index in [1.54, 1.807) is 42.0 Å². The third kappa shape index (κ3) is 4.78. The number of aryl methyl sites for hydroxylation is 2. The van der Waals surface area contributed by atoms with E-state index in [9.17, 15) is 18.0 Å². The zero-order valence-electron chi connectivity index (χ0n) is 19.3. The van der Waals surface area contributed by atoms with Crippen LogP contribution in [0.2, 0.25) is 0 Å². The van der Waals surface area contributed by atoms with Crippen LogP contribution in [0.1, 0.15) is 38.3 Å². The van der Waals surface area contributed by atoms with Crippen molar-refractivity contribution in [1.29, 1.82) is 0 Å². The van der Waals surface area contributed by atoms with Crippen molar-refractivity contribution in [3.63, 3.8) is 0 Å². The molecular formula is C28H23N2O4S2+. The fraction of sp³-hybridized carbons (Fsp3) is 0.107.